The van der Waals surface area contributed by atoms with Crippen LogP contribution in [-0.4, -0.2) is 25.8 Å². The van der Waals surface area contributed by atoms with E-state index in [0.717, 1.165) is 26.1 Å². The van der Waals surface area contributed by atoms with E-state index in [0.29, 0.717) is 12.0 Å². The Kier molecular flexibility index (Phi) is 5.02. The average Bonchev–Trinajstić information content (AvgIpc) is 2.39. The number of hydrogen-bond donors (Lipinski definition) is 1. The first-order chi connectivity index (χ1) is 8.40. The van der Waals surface area contributed by atoms with Crippen LogP contribution in [0, 0.1) is 5.92 Å². The summed E-state index contributed by atoms with van der Waals surface area (Å²) >= 11 is 0. The van der Waals surface area contributed by atoms with Gasteiger partial charge in [0.2, 0.25) is 0 Å². The van der Waals surface area contributed by atoms with E-state index in [1.54, 1.807) is 0 Å². The molecule has 1 N–H and O–H groups in total. The Morgan fingerprint density at radius 3 is 2.88 bits per heavy atom. The SMILES string of the molecule is CCNCC1CCCOC1Cc1ccccc1. The zero-order chi connectivity index (χ0) is 11.9. The fraction of sp³-hybridized carbons (Fsp3) is 0.600. The Morgan fingerprint density at radius 1 is 1.29 bits per heavy atom. The van der Waals surface area contributed by atoms with Crippen molar-refractivity contribution in [1.29, 1.82) is 0 Å². The normalized spacial score (nSPS) is 24.8. The lowest BCUT2D eigenvalue weighted by Crippen LogP contribution is -2.38. The van der Waals surface area contributed by atoms with Crippen LogP contribution in [0.2, 0.25) is 0 Å². The summed E-state index contributed by atoms with van der Waals surface area (Å²) in [5.41, 5.74) is 1.39. The van der Waals surface area contributed by atoms with Crippen LogP contribution in [0.15, 0.2) is 30.3 Å². The van der Waals surface area contributed by atoms with E-state index in [2.05, 4.69) is 42.6 Å². The van der Waals surface area contributed by atoms with Crippen LogP contribution in [0.1, 0.15) is 25.3 Å². The lowest BCUT2D eigenvalue weighted by atomic mass is 9.90. The number of nitrogens with one attached hydrogen (secondary N) is 1. The molecular formula is C15H23NO. The minimum Gasteiger partial charge on any atom is -0.378 e. The average molecular weight is 233 g/mol. The smallest absolute Gasteiger partial charge is 0.0655 e. The maximum Gasteiger partial charge on any atom is 0.0655 e. The van der Waals surface area contributed by atoms with Gasteiger partial charge in [-0.2, -0.15) is 0 Å². The number of ether oxygens (including phenoxy) is 1. The lowest BCUT2D eigenvalue weighted by Gasteiger charge is -2.32. The molecule has 2 nitrogen and oxygen atoms in total. The second kappa shape index (κ2) is 6.77. The molecule has 17 heavy (non-hydrogen) atoms. The topological polar surface area (TPSA) is 21.3 Å². The molecule has 2 atom stereocenters. The molecule has 1 aliphatic heterocycles. The number of benzene rings is 1. The quantitative estimate of drug-likeness (QED) is 0.844. The maximum absolute atomic E-state index is 5.95. The van der Waals surface area contributed by atoms with Gasteiger partial charge in [-0.05, 0) is 37.3 Å². The van der Waals surface area contributed by atoms with E-state index in [1.165, 1.54) is 18.4 Å². The number of hydrogen-bond acceptors (Lipinski definition) is 2. The first kappa shape index (κ1) is 12.6. The fourth-order valence-electron chi connectivity index (χ4n) is 2.54. The third-order valence-electron chi connectivity index (χ3n) is 3.51. The molecule has 0 saturated carbocycles. The summed E-state index contributed by atoms with van der Waals surface area (Å²) in [6.45, 7) is 5.23. The summed E-state index contributed by atoms with van der Waals surface area (Å²) in [6, 6.07) is 10.7. The van der Waals surface area contributed by atoms with E-state index in [1.807, 2.05) is 0 Å². The Bertz CT molecular complexity index is 312. The van der Waals surface area contributed by atoms with Gasteiger partial charge >= 0.3 is 0 Å². The van der Waals surface area contributed by atoms with Crippen LogP contribution in [0.3, 0.4) is 0 Å². The van der Waals surface area contributed by atoms with Crippen molar-refractivity contribution in [3.8, 4) is 0 Å². The predicted molar refractivity (Wildman–Crippen MR) is 71.2 cm³/mol. The van der Waals surface area contributed by atoms with Gasteiger partial charge in [-0.15, -0.1) is 0 Å². The predicted octanol–water partition coefficient (Wildman–Crippen LogP) is 2.63. The van der Waals surface area contributed by atoms with Crippen molar-refractivity contribution in [3.63, 3.8) is 0 Å². The van der Waals surface area contributed by atoms with Gasteiger partial charge < -0.3 is 10.1 Å². The highest BCUT2D eigenvalue weighted by Gasteiger charge is 2.25. The van der Waals surface area contributed by atoms with Crippen molar-refractivity contribution in [2.75, 3.05) is 19.7 Å². The molecule has 0 amide bonds. The Morgan fingerprint density at radius 2 is 2.12 bits per heavy atom. The zero-order valence-corrected chi connectivity index (χ0v) is 10.7. The summed E-state index contributed by atoms with van der Waals surface area (Å²) in [6.07, 6.45) is 3.95. The molecule has 1 heterocycles. The molecule has 2 heteroatoms. The van der Waals surface area contributed by atoms with Crippen molar-refractivity contribution < 1.29 is 4.74 Å². The molecule has 1 aliphatic rings. The molecule has 0 aliphatic carbocycles. The largest absolute Gasteiger partial charge is 0.378 e. The highest BCUT2D eigenvalue weighted by Crippen LogP contribution is 2.23. The molecular weight excluding hydrogens is 210 g/mol. The molecule has 2 rings (SSSR count). The summed E-state index contributed by atoms with van der Waals surface area (Å²) in [5.74, 6) is 0.670. The molecule has 1 saturated heterocycles. The van der Waals surface area contributed by atoms with E-state index in [9.17, 15) is 0 Å². The van der Waals surface area contributed by atoms with Crippen molar-refractivity contribution in [2.45, 2.75) is 32.3 Å². The van der Waals surface area contributed by atoms with Crippen LogP contribution in [-0.2, 0) is 11.2 Å². The van der Waals surface area contributed by atoms with Crippen LogP contribution in [0.4, 0.5) is 0 Å². The van der Waals surface area contributed by atoms with E-state index in [4.69, 9.17) is 4.74 Å². The van der Waals surface area contributed by atoms with Gasteiger partial charge in [-0.25, -0.2) is 0 Å². The van der Waals surface area contributed by atoms with Crippen molar-refractivity contribution in [3.05, 3.63) is 35.9 Å². The van der Waals surface area contributed by atoms with E-state index in [-0.39, 0.29) is 0 Å². The molecule has 0 bridgehead atoms. The summed E-state index contributed by atoms with van der Waals surface area (Å²) in [4.78, 5) is 0. The zero-order valence-electron chi connectivity index (χ0n) is 10.7. The van der Waals surface area contributed by atoms with Crippen LogP contribution < -0.4 is 5.32 Å². The second-order valence-electron chi connectivity index (χ2n) is 4.81. The van der Waals surface area contributed by atoms with E-state index >= 15 is 0 Å². The van der Waals surface area contributed by atoms with E-state index < -0.39 is 0 Å². The third-order valence-corrected chi connectivity index (χ3v) is 3.51. The lowest BCUT2D eigenvalue weighted by molar-refractivity contribution is -0.0248. The summed E-state index contributed by atoms with van der Waals surface area (Å²) < 4.78 is 5.95. The highest BCUT2D eigenvalue weighted by molar-refractivity contribution is 5.15. The minimum absolute atomic E-state index is 0.394. The molecule has 1 aromatic rings. The van der Waals surface area contributed by atoms with Crippen LogP contribution >= 0.6 is 0 Å². The third kappa shape index (κ3) is 3.83. The first-order valence-corrected chi connectivity index (χ1v) is 6.76. The van der Waals surface area contributed by atoms with Gasteiger partial charge in [0.25, 0.3) is 0 Å². The minimum atomic E-state index is 0.394. The molecule has 1 aromatic carbocycles. The van der Waals surface area contributed by atoms with Crippen molar-refractivity contribution in [2.24, 2.45) is 5.92 Å². The standard InChI is InChI=1S/C15H23NO/c1-2-16-12-14-9-6-10-17-15(14)11-13-7-4-3-5-8-13/h3-5,7-8,14-16H,2,6,9-12H2,1H3. The van der Waals surface area contributed by atoms with Crippen molar-refractivity contribution >= 4 is 0 Å². The highest BCUT2D eigenvalue weighted by atomic mass is 16.5. The molecule has 0 spiro atoms. The first-order valence-electron chi connectivity index (χ1n) is 6.76. The Labute approximate surface area is 104 Å². The van der Waals surface area contributed by atoms with Gasteiger partial charge in [0.15, 0.2) is 0 Å². The van der Waals surface area contributed by atoms with Crippen LogP contribution in [0.5, 0.6) is 0 Å². The van der Waals surface area contributed by atoms with Crippen molar-refractivity contribution in [1.82, 2.24) is 5.32 Å². The monoisotopic (exact) mass is 233 g/mol. The maximum atomic E-state index is 5.95. The van der Waals surface area contributed by atoms with Gasteiger partial charge in [-0.1, -0.05) is 37.3 Å². The second-order valence-corrected chi connectivity index (χ2v) is 4.81. The molecule has 2 unspecified atom stereocenters. The summed E-state index contributed by atoms with van der Waals surface area (Å²) in [5, 5.41) is 3.45. The molecule has 0 radical (unpaired) electrons. The molecule has 0 aromatic heterocycles. The van der Waals surface area contributed by atoms with Gasteiger partial charge in [0.1, 0.15) is 0 Å². The summed E-state index contributed by atoms with van der Waals surface area (Å²) in [7, 11) is 0. The molecule has 1 fully saturated rings. The van der Waals surface area contributed by atoms with Gasteiger partial charge in [0.05, 0.1) is 6.10 Å². The van der Waals surface area contributed by atoms with Gasteiger partial charge in [0, 0.05) is 13.2 Å². The van der Waals surface area contributed by atoms with Crippen LogP contribution in [0.25, 0.3) is 0 Å². The van der Waals surface area contributed by atoms with Gasteiger partial charge in [-0.3, -0.25) is 0 Å². The fourth-order valence-corrected chi connectivity index (χ4v) is 2.54. The Balaban J connectivity index is 1.92. The Hall–Kier alpha value is -0.860. The number of rotatable bonds is 5. The molecule has 94 valence electrons.